The van der Waals surface area contributed by atoms with Crippen molar-refractivity contribution in [1.82, 2.24) is 5.32 Å². The minimum atomic E-state index is -0.0412. The smallest absolute Gasteiger partial charge is 0.251 e. The Balaban J connectivity index is 1.63. The Kier molecular flexibility index (Phi) is 3.77. The molecule has 4 nitrogen and oxygen atoms in total. The molecular formula is C17H18N2O2. The molecule has 1 amide bonds. The third-order valence-electron chi connectivity index (χ3n) is 3.69. The van der Waals surface area contributed by atoms with E-state index in [2.05, 4.69) is 10.6 Å². The molecule has 1 aliphatic heterocycles. The summed E-state index contributed by atoms with van der Waals surface area (Å²) in [5.74, 6) is 0.775. The number of hydrogen-bond donors (Lipinski definition) is 2. The van der Waals surface area contributed by atoms with Crippen molar-refractivity contribution in [1.29, 1.82) is 0 Å². The van der Waals surface area contributed by atoms with Gasteiger partial charge >= 0.3 is 0 Å². The van der Waals surface area contributed by atoms with Crippen LogP contribution in [0.4, 0.5) is 5.69 Å². The van der Waals surface area contributed by atoms with E-state index in [1.165, 1.54) is 5.56 Å². The molecule has 1 aliphatic rings. The Morgan fingerprint density at radius 2 is 2.05 bits per heavy atom. The van der Waals surface area contributed by atoms with E-state index in [0.717, 1.165) is 30.0 Å². The molecule has 0 aliphatic carbocycles. The molecule has 3 rings (SSSR count). The summed E-state index contributed by atoms with van der Waals surface area (Å²) in [5.41, 5.74) is 4.12. The van der Waals surface area contributed by atoms with Gasteiger partial charge in [-0.15, -0.1) is 0 Å². The van der Waals surface area contributed by atoms with Crippen LogP contribution in [0.25, 0.3) is 0 Å². The lowest BCUT2D eigenvalue weighted by atomic mass is 10.1. The minimum Gasteiger partial charge on any atom is -0.497 e. The molecule has 0 fully saturated rings. The maximum atomic E-state index is 12.2. The number of ether oxygens (including phenoxy) is 1. The minimum absolute atomic E-state index is 0.0412. The van der Waals surface area contributed by atoms with Gasteiger partial charge in [-0.2, -0.15) is 0 Å². The zero-order valence-electron chi connectivity index (χ0n) is 12.0. The molecule has 2 N–H and O–H groups in total. The van der Waals surface area contributed by atoms with E-state index in [1.807, 2.05) is 42.5 Å². The lowest BCUT2D eigenvalue weighted by Gasteiger charge is -2.08. The molecule has 21 heavy (non-hydrogen) atoms. The average Bonchev–Trinajstić information content (AvgIpc) is 3.00. The Morgan fingerprint density at radius 1 is 1.24 bits per heavy atom. The predicted octanol–water partition coefficient (Wildman–Crippen LogP) is 2.59. The van der Waals surface area contributed by atoms with Crippen molar-refractivity contribution in [3.63, 3.8) is 0 Å². The zero-order valence-corrected chi connectivity index (χ0v) is 12.0. The van der Waals surface area contributed by atoms with Gasteiger partial charge in [-0.1, -0.05) is 12.1 Å². The molecule has 1 heterocycles. The maximum Gasteiger partial charge on any atom is 0.251 e. The van der Waals surface area contributed by atoms with E-state index in [9.17, 15) is 4.79 Å². The highest BCUT2D eigenvalue weighted by Gasteiger charge is 2.13. The first kappa shape index (κ1) is 13.5. The van der Waals surface area contributed by atoms with Crippen molar-refractivity contribution in [3.8, 4) is 5.75 Å². The van der Waals surface area contributed by atoms with Crippen molar-refractivity contribution in [2.24, 2.45) is 0 Å². The highest BCUT2D eigenvalue weighted by atomic mass is 16.5. The van der Waals surface area contributed by atoms with Crippen LogP contribution < -0.4 is 15.4 Å². The molecule has 2 aromatic carbocycles. The van der Waals surface area contributed by atoms with Crippen LogP contribution in [0.5, 0.6) is 5.75 Å². The zero-order chi connectivity index (χ0) is 14.7. The summed E-state index contributed by atoms with van der Waals surface area (Å²) in [6, 6.07) is 13.5. The van der Waals surface area contributed by atoms with Crippen LogP contribution in [-0.4, -0.2) is 19.6 Å². The third-order valence-corrected chi connectivity index (χ3v) is 3.69. The normalized spacial score (nSPS) is 12.4. The van der Waals surface area contributed by atoms with Crippen molar-refractivity contribution >= 4 is 11.6 Å². The van der Waals surface area contributed by atoms with Gasteiger partial charge in [0, 0.05) is 24.3 Å². The maximum absolute atomic E-state index is 12.2. The fourth-order valence-electron chi connectivity index (χ4n) is 2.47. The lowest BCUT2D eigenvalue weighted by molar-refractivity contribution is 0.0951. The monoisotopic (exact) mass is 282 g/mol. The van der Waals surface area contributed by atoms with Crippen LogP contribution in [-0.2, 0) is 13.0 Å². The molecule has 4 heteroatoms. The lowest BCUT2D eigenvalue weighted by Crippen LogP contribution is -2.22. The Hall–Kier alpha value is -2.49. The van der Waals surface area contributed by atoms with Crippen LogP contribution in [0.2, 0.25) is 0 Å². The molecule has 2 aromatic rings. The fourth-order valence-corrected chi connectivity index (χ4v) is 2.47. The Morgan fingerprint density at radius 3 is 2.81 bits per heavy atom. The number of methoxy groups -OCH3 is 1. The SMILES string of the molecule is COc1ccc(CNC(=O)c2ccc3c(c2)CCN3)cc1. The van der Waals surface area contributed by atoms with Crippen LogP contribution in [0, 0.1) is 0 Å². The molecule has 0 atom stereocenters. The summed E-state index contributed by atoms with van der Waals surface area (Å²) in [4.78, 5) is 12.2. The average molecular weight is 282 g/mol. The van der Waals surface area contributed by atoms with E-state index in [0.29, 0.717) is 12.1 Å². The molecular weight excluding hydrogens is 264 g/mol. The van der Waals surface area contributed by atoms with Gasteiger partial charge in [0.25, 0.3) is 5.91 Å². The first-order valence-corrected chi connectivity index (χ1v) is 7.04. The molecule has 0 unspecified atom stereocenters. The first-order chi connectivity index (χ1) is 10.3. The largest absolute Gasteiger partial charge is 0.497 e. The number of amides is 1. The van der Waals surface area contributed by atoms with Gasteiger partial charge < -0.3 is 15.4 Å². The predicted molar refractivity (Wildman–Crippen MR) is 82.8 cm³/mol. The summed E-state index contributed by atoms with van der Waals surface area (Å²) in [5, 5.41) is 6.24. The quantitative estimate of drug-likeness (QED) is 0.906. The summed E-state index contributed by atoms with van der Waals surface area (Å²) in [7, 11) is 1.64. The number of carbonyl (C=O) groups excluding carboxylic acids is 1. The van der Waals surface area contributed by atoms with Crippen LogP contribution in [0.15, 0.2) is 42.5 Å². The second-order valence-corrected chi connectivity index (χ2v) is 5.08. The molecule has 108 valence electrons. The van der Waals surface area contributed by atoms with Crippen LogP contribution >= 0.6 is 0 Å². The number of hydrogen-bond acceptors (Lipinski definition) is 3. The third kappa shape index (κ3) is 2.99. The molecule has 0 saturated heterocycles. The first-order valence-electron chi connectivity index (χ1n) is 7.04. The standard InChI is InChI=1S/C17H18N2O2/c1-21-15-5-2-12(3-6-15)11-19-17(20)14-4-7-16-13(10-14)8-9-18-16/h2-7,10,18H,8-9,11H2,1H3,(H,19,20). The number of carbonyl (C=O) groups is 1. The Bertz CT molecular complexity index is 650. The number of fused-ring (bicyclic) bond motifs is 1. The van der Waals surface area contributed by atoms with Gasteiger partial charge in [-0.05, 0) is 47.9 Å². The highest BCUT2D eigenvalue weighted by molar-refractivity contribution is 5.95. The number of anilines is 1. The van der Waals surface area contributed by atoms with Crippen molar-refractivity contribution in [2.75, 3.05) is 19.0 Å². The van der Waals surface area contributed by atoms with Gasteiger partial charge in [-0.25, -0.2) is 0 Å². The fraction of sp³-hybridized carbons (Fsp3) is 0.235. The van der Waals surface area contributed by atoms with E-state index in [-0.39, 0.29) is 5.91 Å². The number of rotatable bonds is 4. The summed E-state index contributed by atoms with van der Waals surface area (Å²) < 4.78 is 5.11. The molecule has 0 spiro atoms. The summed E-state index contributed by atoms with van der Waals surface area (Å²) >= 11 is 0. The van der Waals surface area contributed by atoms with E-state index in [1.54, 1.807) is 7.11 Å². The van der Waals surface area contributed by atoms with Crippen molar-refractivity contribution in [2.45, 2.75) is 13.0 Å². The van der Waals surface area contributed by atoms with Gasteiger partial charge in [0.1, 0.15) is 5.75 Å². The second-order valence-electron chi connectivity index (χ2n) is 5.08. The number of nitrogens with one attached hydrogen (secondary N) is 2. The Labute approximate surface area is 124 Å². The topological polar surface area (TPSA) is 50.4 Å². The van der Waals surface area contributed by atoms with E-state index < -0.39 is 0 Å². The van der Waals surface area contributed by atoms with E-state index >= 15 is 0 Å². The van der Waals surface area contributed by atoms with Crippen molar-refractivity contribution < 1.29 is 9.53 Å². The van der Waals surface area contributed by atoms with Crippen LogP contribution in [0.3, 0.4) is 0 Å². The summed E-state index contributed by atoms with van der Waals surface area (Å²) in [6.45, 7) is 1.46. The number of benzene rings is 2. The van der Waals surface area contributed by atoms with Crippen LogP contribution in [0.1, 0.15) is 21.5 Å². The van der Waals surface area contributed by atoms with Gasteiger partial charge in [0.2, 0.25) is 0 Å². The second kappa shape index (κ2) is 5.87. The van der Waals surface area contributed by atoms with Crippen molar-refractivity contribution in [3.05, 3.63) is 59.2 Å². The molecule has 0 bridgehead atoms. The van der Waals surface area contributed by atoms with Gasteiger partial charge in [0.15, 0.2) is 0 Å². The molecule has 0 radical (unpaired) electrons. The summed E-state index contributed by atoms with van der Waals surface area (Å²) in [6.07, 6.45) is 0.981. The van der Waals surface area contributed by atoms with Gasteiger partial charge in [0.05, 0.1) is 7.11 Å². The highest BCUT2D eigenvalue weighted by Crippen LogP contribution is 2.23. The molecule has 0 aromatic heterocycles. The van der Waals surface area contributed by atoms with E-state index in [4.69, 9.17) is 4.74 Å². The van der Waals surface area contributed by atoms with Gasteiger partial charge in [-0.3, -0.25) is 4.79 Å². The molecule has 0 saturated carbocycles.